The van der Waals surface area contributed by atoms with E-state index < -0.39 is 12.1 Å². The highest BCUT2D eigenvalue weighted by atomic mass is 16.5. The molecular formula is C13H14N2O3. The highest BCUT2D eigenvalue weighted by Gasteiger charge is 2.21. The molecule has 0 spiro atoms. The van der Waals surface area contributed by atoms with Crippen molar-refractivity contribution in [2.45, 2.75) is 6.04 Å². The molecule has 0 fully saturated rings. The molecule has 5 heteroatoms. The molecule has 1 atom stereocenters. The van der Waals surface area contributed by atoms with Crippen LogP contribution in [0.1, 0.15) is 11.6 Å². The van der Waals surface area contributed by atoms with Crippen LogP contribution in [0.25, 0.3) is 0 Å². The van der Waals surface area contributed by atoms with Crippen LogP contribution in [-0.2, 0) is 9.53 Å². The lowest BCUT2D eigenvalue weighted by Gasteiger charge is -2.16. The van der Waals surface area contributed by atoms with Gasteiger partial charge in [0.2, 0.25) is 5.91 Å². The van der Waals surface area contributed by atoms with Crippen molar-refractivity contribution in [3.05, 3.63) is 35.9 Å². The summed E-state index contributed by atoms with van der Waals surface area (Å²) in [5.41, 5.74) is 0.662. The van der Waals surface area contributed by atoms with Crippen molar-refractivity contribution in [2.24, 2.45) is 0 Å². The SMILES string of the molecule is C#CCOC(=O)N[C@@H](C(=O)NC)c1ccccc1. The van der Waals surface area contributed by atoms with Crippen LogP contribution in [0.2, 0.25) is 0 Å². The molecule has 0 heterocycles. The zero-order valence-corrected chi connectivity index (χ0v) is 9.97. The number of amides is 2. The maximum absolute atomic E-state index is 11.7. The predicted molar refractivity (Wildman–Crippen MR) is 66.6 cm³/mol. The molecule has 1 rings (SSSR count). The second-order valence-electron chi connectivity index (χ2n) is 3.38. The van der Waals surface area contributed by atoms with Gasteiger partial charge >= 0.3 is 6.09 Å². The van der Waals surface area contributed by atoms with Gasteiger partial charge in [-0.1, -0.05) is 36.3 Å². The number of benzene rings is 1. The topological polar surface area (TPSA) is 67.4 Å². The fourth-order valence-corrected chi connectivity index (χ4v) is 1.36. The van der Waals surface area contributed by atoms with Crippen LogP contribution in [0, 0.1) is 12.3 Å². The molecule has 0 aliphatic heterocycles. The summed E-state index contributed by atoms with van der Waals surface area (Å²) >= 11 is 0. The van der Waals surface area contributed by atoms with Crippen LogP contribution in [0.4, 0.5) is 4.79 Å². The van der Waals surface area contributed by atoms with E-state index in [9.17, 15) is 9.59 Å². The molecule has 1 aromatic rings. The van der Waals surface area contributed by atoms with E-state index in [2.05, 4.69) is 21.3 Å². The number of carbonyl (C=O) groups is 2. The minimum atomic E-state index is -0.804. The van der Waals surface area contributed by atoms with Crippen molar-refractivity contribution in [3.63, 3.8) is 0 Å². The normalized spacial score (nSPS) is 10.9. The van der Waals surface area contributed by atoms with Crippen molar-refractivity contribution in [1.82, 2.24) is 10.6 Å². The van der Waals surface area contributed by atoms with E-state index >= 15 is 0 Å². The molecule has 0 aliphatic carbocycles. The largest absolute Gasteiger partial charge is 0.436 e. The smallest absolute Gasteiger partial charge is 0.409 e. The van der Waals surface area contributed by atoms with Crippen LogP contribution in [-0.4, -0.2) is 25.7 Å². The molecule has 0 saturated carbocycles. The third-order valence-corrected chi connectivity index (χ3v) is 2.19. The Hall–Kier alpha value is -2.48. The number of rotatable bonds is 4. The fraction of sp³-hybridized carbons (Fsp3) is 0.231. The van der Waals surface area contributed by atoms with Crippen LogP contribution in [0.3, 0.4) is 0 Å². The number of hydrogen-bond acceptors (Lipinski definition) is 3. The Labute approximate surface area is 106 Å². The van der Waals surface area contributed by atoms with E-state index in [0.29, 0.717) is 5.56 Å². The zero-order valence-electron chi connectivity index (χ0n) is 9.97. The molecule has 0 saturated heterocycles. The third-order valence-electron chi connectivity index (χ3n) is 2.19. The molecule has 0 unspecified atom stereocenters. The van der Waals surface area contributed by atoms with Crippen molar-refractivity contribution in [3.8, 4) is 12.3 Å². The molecule has 0 aromatic heterocycles. The first-order valence-electron chi connectivity index (χ1n) is 5.32. The summed E-state index contributed by atoms with van der Waals surface area (Å²) in [5, 5.41) is 4.93. The summed E-state index contributed by atoms with van der Waals surface area (Å²) in [5.74, 6) is 1.84. The number of alkyl carbamates (subject to hydrolysis) is 1. The van der Waals surface area contributed by atoms with Crippen LogP contribution in [0.15, 0.2) is 30.3 Å². The lowest BCUT2D eigenvalue weighted by atomic mass is 10.1. The zero-order chi connectivity index (χ0) is 13.4. The molecule has 0 radical (unpaired) electrons. The van der Waals surface area contributed by atoms with Crippen molar-refractivity contribution in [1.29, 1.82) is 0 Å². The van der Waals surface area contributed by atoms with Gasteiger partial charge in [0.25, 0.3) is 0 Å². The Balaban J connectivity index is 2.78. The molecule has 94 valence electrons. The van der Waals surface area contributed by atoms with Crippen LogP contribution < -0.4 is 10.6 Å². The summed E-state index contributed by atoms with van der Waals surface area (Å²) in [6.45, 7) is -0.138. The van der Waals surface area contributed by atoms with Gasteiger partial charge in [0.1, 0.15) is 6.04 Å². The van der Waals surface area contributed by atoms with E-state index in [-0.39, 0.29) is 12.5 Å². The maximum atomic E-state index is 11.7. The van der Waals surface area contributed by atoms with Gasteiger partial charge in [0.15, 0.2) is 6.61 Å². The first kappa shape index (κ1) is 13.6. The molecular weight excluding hydrogens is 232 g/mol. The molecule has 1 aromatic carbocycles. The standard InChI is InChI=1S/C13H14N2O3/c1-3-9-18-13(17)15-11(12(16)14-2)10-7-5-4-6-8-10/h1,4-8,11H,9H2,2H3,(H,14,16)(H,15,17)/t11-/m1/s1. The monoisotopic (exact) mass is 246 g/mol. The highest BCUT2D eigenvalue weighted by Crippen LogP contribution is 2.12. The van der Waals surface area contributed by atoms with Gasteiger partial charge in [0, 0.05) is 7.05 Å². The van der Waals surface area contributed by atoms with Gasteiger partial charge in [0.05, 0.1) is 0 Å². The summed E-state index contributed by atoms with van der Waals surface area (Å²) in [4.78, 5) is 23.1. The summed E-state index contributed by atoms with van der Waals surface area (Å²) < 4.78 is 4.67. The van der Waals surface area contributed by atoms with Gasteiger partial charge in [-0.05, 0) is 5.56 Å². The summed E-state index contributed by atoms with van der Waals surface area (Å²) in [6, 6.07) is 8.05. The first-order valence-corrected chi connectivity index (χ1v) is 5.32. The predicted octanol–water partition coefficient (Wildman–Crippen LogP) is 0.833. The quantitative estimate of drug-likeness (QED) is 0.773. The minimum absolute atomic E-state index is 0.138. The molecule has 2 N–H and O–H groups in total. The maximum Gasteiger partial charge on any atom is 0.409 e. The Bertz CT molecular complexity index is 451. The van der Waals surface area contributed by atoms with Gasteiger partial charge < -0.3 is 15.4 Å². The average molecular weight is 246 g/mol. The van der Waals surface area contributed by atoms with Gasteiger partial charge in [-0.25, -0.2) is 4.79 Å². The van der Waals surface area contributed by atoms with Gasteiger partial charge in [-0.15, -0.1) is 6.42 Å². The number of nitrogens with one attached hydrogen (secondary N) is 2. The number of carbonyl (C=O) groups excluding carboxylic acids is 2. The summed E-state index contributed by atoms with van der Waals surface area (Å²) in [6.07, 6.45) is 4.24. The number of ether oxygens (including phenoxy) is 1. The molecule has 0 bridgehead atoms. The van der Waals surface area contributed by atoms with Crippen LogP contribution >= 0.6 is 0 Å². The Kier molecular flexibility index (Phi) is 5.26. The second kappa shape index (κ2) is 6.97. The van der Waals surface area contributed by atoms with E-state index in [1.54, 1.807) is 24.3 Å². The Morgan fingerprint density at radius 2 is 2.06 bits per heavy atom. The van der Waals surface area contributed by atoms with Crippen molar-refractivity contribution < 1.29 is 14.3 Å². The Morgan fingerprint density at radius 3 is 2.61 bits per heavy atom. The van der Waals surface area contributed by atoms with Crippen molar-refractivity contribution in [2.75, 3.05) is 13.7 Å². The van der Waals surface area contributed by atoms with Crippen LogP contribution in [0.5, 0.6) is 0 Å². The molecule has 18 heavy (non-hydrogen) atoms. The van der Waals surface area contributed by atoms with E-state index in [1.807, 2.05) is 6.07 Å². The van der Waals surface area contributed by atoms with Gasteiger partial charge in [-0.3, -0.25) is 4.79 Å². The first-order chi connectivity index (χ1) is 8.69. The Morgan fingerprint density at radius 1 is 1.39 bits per heavy atom. The number of hydrogen-bond donors (Lipinski definition) is 2. The van der Waals surface area contributed by atoms with E-state index in [0.717, 1.165) is 0 Å². The minimum Gasteiger partial charge on any atom is -0.436 e. The third kappa shape index (κ3) is 3.83. The molecule has 0 aliphatic rings. The molecule has 2 amide bonds. The fourth-order valence-electron chi connectivity index (χ4n) is 1.36. The second-order valence-corrected chi connectivity index (χ2v) is 3.38. The van der Waals surface area contributed by atoms with Gasteiger partial charge in [-0.2, -0.15) is 0 Å². The number of terminal acetylenes is 1. The van der Waals surface area contributed by atoms with E-state index in [1.165, 1.54) is 7.05 Å². The van der Waals surface area contributed by atoms with E-state index in [4.69, 9.17) is 6.42 Å². The van der Waals surface area contributed by atoms with Crippen molar-refractivity contribution >= 4 is 12.0 Å². The lowest BCUT2D eigenvalue weighted by Crippen LogP contribution is -2.39. The number of likely N-dealkylation sites (N-methyl/N-ethyl adjacent to an activating group) is 1. The lowest BCUT2D eigenvalue weighted by molar-refractivity contribution is -0.122. The molecule has 5 nitrogen and oxygen atoms in total. The summed E-state index contributed by atoms with van der Waals surface area (Å²) in [7, 11) is 1.49. The highest BCUT2D eigenvalue weighted by molar-refractivity contribution is 5.86. The average Bonchev–Trinajstić information content (AvgIpc) is 2.42.